The summed E-state index contributed by atoms with van der Waals surface area (Å²) >= 11 is 6.13. The van der Waals surface area contributed by atoms with E-state index in [0.29, 0.717) is 27.9 Å². The van der Waals surface area contributed by atoms with Crippen molar-refractivity contribution in [2.75, 3.05) is 0 Å². The summed E-state index contributed by atoms with van der Waals surface area (Å²) in [6.45, 7) is 1.99. The number of hydrogen-bond donors (Lipinski definition) is 2. The summed E-state index contributed by atoms with van der Waals surface area (Å²) in [5.74, 6) is -1.55. The van der Waals surface area contributed by atoms with Crippen molar-refractivity contribution in [3.05, 3.63) is 106 Å². The number of halogens is 2. The number of aromatic amines is 1. The number of carboxylic acids is 1. The van der Waals surface area contributed by atoms with Crippen molar-refractivity contribution in [2.24, 2.45) is 0 Å². The number of fused-ring (bicyclic) bond motifs is 1. The van der Waals surface area contributed by atoms with Gasteiger partial charge in [-0.25, -0.2) is 4.79 Å². The van der Waals surface area contributed by atoms with Crippen LogP contribution in [0.5, 0.6) is 0 Å². The third-order valence-corrected chi connectivity index (χ3v) is 5.73. The normalized spacial score (nSPS) is 12.1. The van der Waals surface area contributed by atoms with E-state index in [0.717, 1.165) is 39.5 Å². The molecular formula is C27H19ClFN3O2. The van der Waals surface area contributed by atoms with Gasteiger partial charge in [0.1, 0.15) is 0 Å². The van der Waals surface area contributed by atoms with E-state index in [-0.39, 0.29) is 0 Å². The molecule has 1 heterocycles. The number of allylic oxidation sites excluding steroid dienone is 1. The van der Waals surface area contributed by atoms with Gasteiger partial charge in [0.25, 0.3) is 0 Å². The Bertz CT molecular complexity index is 1490. The quantitative estimate of drug-likeness (QED) is 0.242. The van der Waals surface area contributed by atoms with Gasteiger partial charge in [0.05, 0.1) is 22.5 Å². The average Bonchev–Trinajstić information content (AvgIpc) is 3.21. The monoisotopic (exact) mass is 471 g/mol. The van der Waals surface area contributed by atoms with Gasteiger partial charge in [0, 0.05) is 11.1 Å². The summed E-state index contributed by atoms with van der Waals surface area (Å²) in [6, 6.07) is 20.1. The lowest BCUT2D eigenvalue weighted by atomic mass is 9.86. The molecule has 1 aromatic heterocycles. The summed E-state index contributed by atoms with van der Waals surface area (Å²) in [5, 5.41) is 25.8. The van der Waals surface area contributed by atoms with Gasteiger partial charge in [0.2, 0.25) is 5.95 Å². The van der Waals surface area contributed by atoms with E-state index in [9.17, 15) is 14.4 Å². The number of nitrogens with zero attached hydrogens (tertiary/aromatic N) is 2. The van der Waals surface area contributed by atoms with Crippen LogP contribution in [0.1, 0.15) is 41.2 Å². The standard InChI is InChI=1S/C27H19ClFN3O2/c1-2-21(22-10-9-20(28)13-19(22)15-30)26(17-6-3-16(4-7-17)5-12-25(33)34)18-8-11-24-23(14-18)27(29)32-31-24/h3-14H,2H2,1H3,(H,31,32)(H,33,34). The number of rotatable bonds is 6. The zero-order valence-electron chi connectivity index (χ0n) is 18.1. The van der Waals surface area contributed by atoms with Crippen molar-refractivity contribution >= 4 is 45.7 Å². The molecule has 2 N–H and O–H groups in total. The summed E-state index contributed by atoms with van der Waals surface area (Å²) < 4.78 is 14.3. The Balaban J connectivity index is 1.98. The molecule has 0 aliphatic heterocycles. The van der Waals surface area contributed by atoms with Crippen LogP contribution in [0.3, 0.4) is 0 Å². The highest BCUT2D eigenvalue weighted by molar-refractivity contribution is 6.30. The first-order valence-corrected chi connectivity index (χ1v) is 10.9. The molecule has 0 aliphatic rings. The van der Waals surface area contributed by atoms with Crippen LogP contribution < -0.4 is 0 Å². The number of benzene rings is 3. The third-order valence-electron chi connectivity index (χ3n) is 5.50. The Morgan fingerprint density at radius 3 is 2.56 bits per heavy atom. The van der Waals surface area contributed by atoms with Crippen LogP contribution in [0.2, 0.25) is 5.02 Å². The number of aliphatic carboxylic acids is 1. The summed E-state index contributed by atoms with van der Waals surface area (Å²) in [7, 11) is 0. The first kappa shape index (κ1) is 23.0. The van der Waals surface area contributed by atoms with Crippen LogP contribution >= 0.6 is 11.6 Å². The molecule has 5 nitrogen and oxygen atoms in total. The van der Waals surface area contributed by atoms with Gasteiger partial charge in [-0.2, -0.15) is 14.8 Å². The minimum absolute atomic E-state index is 0.364. The Kier molecular flexibility index (Phi) is 6.58. The lowest BCUT2D eigenvalue weighted by Crippen LogP contribution is -1.98. The van der Waals surface area contributed by atoms with E-state index in [1.165, 1.54) is 6.08 Å². The first-order valence-electron chi connectivity index (χ1n) is 10.5. The van der Waals surface area contributed by atoms with Crippen molar-refractivity contribution in [1.29, 1.82) is 5.26 Å². The van der Waals surface area contributed by atoms with Crippen molar-refractivity contribution < 1.29 is 14.3 Å². The molecule has 0 spiro atoms. The van der Waals surface area contributed by atoms with E-state index < -0.39 is 11.9 Å². The Hall–Kier alpha value is -4.21. The second-order valence-corrected chi connectivity index (χ2v) is 8.01. The lowest BCUT2D eigenvalue weighted by Gasteiger charge is -2.18. The molecule has 7 heteroatoms. The van der Waals surface area contributed by atoms with Crippen molar-refractivity contribution in [1.82, 2.24) is 10.2 Å². The first-order chi connectivity index (χ1) is 16.4. The predicted octanol–water partition coefficient (Wildman–Crippen LogP) is 6.69. The molecule has 0 unspecified atom stereocenters. The fourth-order valence-electron chi connectivity index (χ4n) is 3.95. The minimum Gasteiger partial charge on any atom is -0.478 e. The summed E-state index contributed by atoms with van der Waals surface area (Å²) in [4.78, 5) is 10.8. The van der Waals surface area contributed by atoms with Gasteiger partial charge in [-0.3, -0.25) is 5.10 Å². The lowest BCUT2D eigenvalue weighted by molar-refractivity contribution is -0.131. The van der Waals surface area contributed by atoms with Crippen molar-refractivity contribution in [2.45, 2.75) is 13.3 Å². The molecule has 168 valence electrons. The third kappa shape index (κ3) is 4.61. The maximum absolute atomic E-state index is 14.3. The molecule has 0 bridgehead atoms. The molecule has 0 saturated carbocycles. The second kappa shape index (κ2) is 9.74. The molecule has 0 radical (unpaired) electrons. The smallest absolute Gasteiger partial charge is 0.328 e. The van der Waals surface area contributed by atoms with Gasteiger partial charge < -0.3 is 5.11 Å². The van der Waals surface area contributed by atoms with Crippen LogP contribution in [-0.2, 0) is 4.79 Å². The molecule has 0 saturated heterocycles. The highest BCUT2D eigenvalue weighted by atomic mass is 35.5. The van der Waals surface area contributed by atoms with Gasteiger partial charge >= 0.3 is 5.97 Å². The molecule has 0 aliphatic carbocycles. The molecule has 4 aromatic rings. The number of H-pyrrole nitrogens is 1. The van der Waals surface area contributed by atoms with Crippen molar-refractivity contribution in [3.63, 3.8) is 0 Å². The fraction of sp³-hybridized carbons (Fsp3) is 0.0741. The van der Waals surface area contributed by atoms with Crippen LogP contribution in [-0.4, -0.2) is 21.3 Å². The Morgan fingerprint density at radius 2 is 1.88 bits per heavy atom. The average molecular weight is 472 g/mol. The molecule has 3 aromatic carbocycles. The van der Waals surface area contributed by atoms with E-state index in [2.05, 4.69) is 16.3 Å². The SMILES string of the molecule is CCC(=C(c1ccc(C=CC(=O)O)cc1)c1ccc2n[nH]c(F)c2c1)c1ccc(Cl)cc1C#N. The molecule has 0 atom stereocenters. The zero-order valence-corrected chi connectivity index (χ0v) is 18.9. The second-order valence-electron chi connectivity index (χ2n) is 7.57. The van der Waals surface area contributed by atoms with Gasteiger partial charge in [-0.15, -0.1) is 0 Å². The van der Waals surface area contributed by atoms with E-state index in [4.69, 9.17) is 16.7 Å². The number of nitriles is 1. The molecule has 0 amide bonds. The topological polar surface area (TPSA) is 89.8 Å². The Morgan fingerprint density at radius 1 is 1.15 bits per heavy atom. The summed E-state index contributed by atoms with van der Waals surface area (Å²) in [5.41, 5.74) is 5.75. The fourth-order valence-corrected chi connectivity index (χ4v) is 4.12. The number of nitrogens with one attached hydrogen (secondary N) is 1. The number of carboxylic acid groups (broad SMARTS) is 1. The van der Waals surface area contributed by atoms with E-state index in [1.807, 2.05) is 43.3 Å². The number of carbonyl (C=O) groups is 1. The van der Waals surface area contributed by atoms with Crippen LogP contribution in [0, 0.1) is 17.3 Å². The van der Waals surface area contributed by atoms with Gasteiger partial charge in [-0.05, 0) is 70.2 Å². The van der Waals surface area contributed by atoms with Gasteiger partial charge in [0.15, 0.2) is 0 Å². The zero-order chi connectivity index (χ0) is 24.2. The highest BCUT2D eigenvalue weighted by Gasteiger charge is 2.17. The maximum Gasteiger partial charge on any atom is 0.328 e. The van der Waals surface area contributed by atoms with E-state index >= 15 is 0 Å². The number of aromatic nitrogens is 2. The predicted molar refractivity (Wildman–Crippen MR) is 132 cm³/mol. The number of hydrogen-bond acceptors (Lipinski definition) is 3. The molecule has 4 rings (SSSR count). The largest absolute Gasteiger partial charge is 0.478 e. The van der Waals surface area contributed by atoms with Crippen LogP contribution in [0.25, 0.3) is 28.1 Å². The van der Waals surface area contributed by atoms with Crippen LogP contribution in [0.15, 0.2) is 66.7 Å². The molecule has 0 fully saturated rings. The maximum atomic E-state index is 14.3. The Labute approximate surface area is 200 Å². The molecular weight excluding hydrogens is 453 g/mol. The van der Waals surface area contributed by atoms with E-state index in [1.54, 1.807) is 24.3 Å². The summed E-state index contributed by atoms with van der Waals surface area (Å²) in [6.07, 6.45) is 3.18. The minimum atomic E-state index is -1.03. The van der Waals surface area contributed by atoms with Gasteiger partial charge in [-0.1, -0.05) is 54.9 Å². The molecule has 34 heavy (non-hydrogen) atoms. The van der Waals surface area contributed by atoms with Crippen LogP contribution in [0.4, 0.5) is 4.39 Å². The van der Waals surface area contributed by atoms with Crippen molar-refractivity contribution in [3.8, 4) is 6.07 Å². The highest BCUT2D eigenvalue weighted by Crippen LogP contribution is 2.37.